The minimum Gasteiger partial charge on any atom is -0.374 e. The zero-order chi connectivity index (χ0) is 39.3. The van der Waals surface area contributed by atoms with Crippen molar-refractivity contribution in [1.82, 2.24) is 59.9 Å². The molecule has 0 aliphatic rings. The van der Waals surface area contributed by atoms with Crippen LogP contribution in [0.3, 0.4) is 0 Å². The average molecular weight is 839 g/mol. The number of nitrogens with one attached hydrogen (secondary N) is 1. The first kappa shape index (κ1) is 39.2. The molecule has 0 aliphatic carbocycles. The molecule has 284 valence electrons. The number of hydrogen-bond acceptors (Lipinski definition) is 18. The third kappa shape index (κ3) is 11.2. The van der Waals surface area contributed by atoms with Gasteiger partial charge in [-0.15, -0.1) is 20.4 Å². The molecule has 0 fully saturated rings. The van der Waals surface area contributed by atoms with Crippen molar-refractivity contribution in [2.24, 2.45) is 14.1 Å². The number of hydrogen-bond donors (Lipinski definition) is 2. The summed E-state index contributed by atoms with van der Waals surface area (Å²) in [4.78, 5) is 17.6. The number of anilines is 3. The van der Waals surface area contributed by atoms with Crippen LogP contribution in [0.2, 0.25) is 5.15 Å². The fourth-order valence-electron chi connectivity index (χ4n) is 4.76. The number of pyridine rings is 4. The van der Waals surface area contributed by atoms with Crippen molar-refractivity contribution >= 4 is 92.1 Å². The molecule has 8 aromatic heterocycles. The molecule has 8 aromatic rings. The maximum atomic E-state index is 11.4. The summed E-state index contributed by atoms with van der Waals surface area (Å²) >= 11 is 8.14. The number of fused-ring (bicyclic) bond motifs is 2. The molecule has 0 saturated carbocycles. The predicted molar refractivity (Wildman–Crippen MR) is 213 cm³/mol. The third-order valence-electron chi connectivity index (χ3n) is 7.07. The molecule has 0 saturated heterocycles. The number of nitrogens with two attached hydrogens (primary N) is 1. The van der Waals surface area contributed by atoms with E-state index in [1.807, 2.05) is 57.0 Å². The van der Waals surface area contributed by atoms with E-state index in [2.05, 4.69) is 55.8 Å². The van der Waals surface area contributed by atoms with E-state index < -0.39 is 19.7 Å². The molecule has 0 atom stereocenters. The van der Waals surface area contributed by atoms with Crippen LogP contribution < -0.4 is 11.1 Å². The SMILES string of the molecule is CS(=O)(=O)Cc1nnc(N)s1.Cn1cc(-c2cnc3ccc(Cl)nc3c2)cn1.Cn1cc(-c2cnc3ccc(Nc4nnc(CS(C)(=O)=O)s4)nc3c2)cn1. The molecule has 55 heavy (non-hydrogen) atoms. The molecule has 0 aliphatic heterocycles. The second-order valence-corrected chi connectivity index (χ2v) is 18.8. The Bertz CT molecular complexity index is 2840. The Hall–Kier alpha value is -5.55. The maximum Gasteiger partial charge on any atom is 0.211 e. The van der Waals surface area contributed by atoms with Crippen LogP contribution in [0.5, 0.6) is 0 Å². The summed E-state index contributed by atoms with van der Waals surface area (Å²) in [5.74, 6) is 0.368. The number of nitrogens with zero attached hydrogens (tertiary/aromatic N) is 12. The summed E-state index contributed by atoms with van der Waals surface area (Å²) in [5, 5.41) is 28.4. The fourth-order valence-corrected chi connectivity index (χ4v) is 8.63. The number of aromatic nitrogens is 12. The summed E-state index contributed by atoms with van der Waals surface area (Å²) in [6.07, 6.45) is 13.3. The molecule has 0 amide bonds. The summed E-state index contributed by atoms with van der Waals surface area (Å²) in [5.41, 5.74) is 12.3. The quantitative estimate of drug-likeness (QED) is 0.200. The standard InChI is InChI=1S/C16H15N7O2S2.C12H9ClN4.C4H7N3O2S2/c1-23-8-11(7-18-23)10-5-13-12(17-6-10)3-4-14(19-13)20-16-22-21-15(26-16)9-27(2,24)25;1-17-7-9(6-15-17)8-4-11-10(14-5-8)2-3-12(13)16-11;1-11(8,9)2-3-6-7-4(5)10-3/h3-8H,9H2,1-2H3,(H,19,20,22);2-7H,1H3;2H2,1H3,(H2,5,7). The maximum absolute atomic E-state index is 11.4. The van der Waals surface area contributed by atoms with Gasteiger partial charge >= 0.3 is 0 Å². The molecule has 8 heterocycles. The smallest absolute Gasteiger partial charge is 0.211 e. The number of sulfone groups is 2. The van der Waals surface area contributed by atoms with Gasteiger partial charge in [-0.2, -0.15) is 10.2 Å². The van der Waals surface area contributed by atoms with Crippen LogP contribution in [0.1, 0.15) is 10.0 Å². The number of halogens is 1. The Morgan fingerprint density at radius 3 is 1.71 bits per heavy atom. The Balaban J connectivity index is 0.000000156. The second kappa shape index (κ2) is 16.4. The van der Waals surface area contributed by atoms with Gasteiger partial charge in [-0.05, 0) is 36.4 Å². The largest absolute Gasteiger partial charge is 0.374 e. The Kier molecular flexibility index (Phi) is 11.7. The van der Waals surface area contributed by atoms with Gasteiger partial charge in [-0.25, -0.2) is 26.8 Å². The molecule has 0 radical (unpaired) electrons. The van der Waals surface area contributed by atoms with Crippen LogP contribution in [0.4, 0.5) is 16.1 Å². The van der Waals surface area contributed by atoms with E-state index in [4.69, 9.17) is 17.3 Å². The normalized spacial score (nSPS) is 11.5. The highest BCUT2D eigenvalue weighted by atomic mass is 35.5. The zero-order valence-electron chi connectivity index (χ0n) is 29.4. The van der Waals surface area contributed by atoms with E-state index >= 15 is 0 Å². The lowest BCUT2D eigenvalue weighted by atomic mass is 10.1. The van der Waals surface area contributed by atoms with Gasteiger partial charge in [0.25, 0.3) is 0 Å². The number of nitrogen functional groups attached to an aromatic ring is 1. The van der Waals surface area contributed by atoms with Crippen LogP contribution in [0.25, 0.3) is 44.3 Å². The lowest BCUT2D eigenvalue weighted by Crippen LogP contribution is -1.99. The van der Waals surface area contributed by atoms with Gasteiger partial charge in [0, 0.05) is 73.6 Å². The Labute approximate surface area is 327 Å². The number of aryl methyl sites for hydroxylation is 2. The monoisotopic (exact) mass is 838 g/mol. The second-order valence-electron chi connectivity index (χ2n) is 12.0. The van der Waals surface area contributed by atoms with E-state index in [0.717, 1.165) is 61.9 Å². The molecule has 18 nitrogen and oxygen atoms in total. The Morgan fingerprint density at radius 2 is 1.20 bits per heavy atom. The van der Waals surface area contributed by atoms with E-state index in [0.29, 0.717) is 31.2 Å². The van der Waals surface area contributed by atoms with Gasteiger partial charge < -0.3 is 11.1 Å². The lowest BCUT2D eigenvalue weighted by molar-refractivity contribution is 0.599. The minimum atomic E-state index is -3.15. The highest BCUT2D eigenvalue weighted by Crippen LogP contribution is 2.26. The van der Waals surface area contributed by atoms with Gasteiger partial charge in [-0.1, -0.05) is 34.3 Å². The van der Waals surface area contributed by atoms with Crippen LogP contribution in [0, 0.1) is 0 Å². The summed E-state index contributed by atoms with van der Waals surface area (Å²) < 4.78 is 47.6. The lowest BCUT2D eigenvalue weighted by Gasteiger charge is -2.04. The van der Waals surface area contributed by atoms with Crippen molar-refractivity contribution in [3.8, 4) is 22.3 Å². The summed E-state index contributed by atoms with van der Waals surface area (Å²) in [6, 6.07) is 11.1. The van der Waals surface area contributed by atoms with Crippen LogP contribution in [0.15, 0.2) is 73.6 Å². The van der Waals surface area contributed by atoms with Gasteiger partial charge in [0.2, 0.25) is 10.3 Å². The first-order chi connectivity index (χ1) is 26.0. The van der Waals surface area contributed by atoms with Crippen LogP contribution >= 0.6 is 34.3 Å². The highest BCUT2D eigenvalue weighted by molar-refractivity contribution is 7.90. The van der Waals surface area contributed by atoms with Gasteiger partial charge in [0.05, 0.1) is 34.5 Å². The van der Waals surface area contributed by atoms with Crippen molar-refractivity contribution in [2.75, 3.05) is 23.6 Å². The van der Waals surface area contributed by atoms with Gasteiger partial charge in [0.1, 0.15) is 32.5 Å². The summed E-state index contributed by atoms with van der Waals surface area (Å²) in [7, 11) is -2.42. The first-order valence-corrected chi connectivity index (χ1v) is 21.9. The van der Waals surface area contributed by atoms with Crippen LogP contribution in [-0.4, -0.2) is 89.2 Å². The van der Waals surface area contributed by atoms with Crippen molar-refractivity contribution in [3.63, 3.8) is 0 Å². The Morgan fingerprint density at radius 1 is 0.673 bits per heavy atom. The van der Waals surface area contributed by atoms with Crippen molar-refractivity contribution in [2.45, 2.75) is 11.5 Å². The van der Waals surface area contributed by atoms with E-state index in [9.17, 15) is 16.8 Å². The highest BCUT2D eigenvalue weighted by Gasteiger charge is 2.12. The van der Waals surface area contributed by atoms with E-state index in [-0.39, 0.29) is 11.5 Å². The molecule has 0 spiro atoms. The van der Waals surface area contributed by atoms with Crippen LogP contribution in [-0.2, 0) is 45.3 Å². The van der Waals surface area contributed by atoms with E-state index in [1.165, 1.54) is 17.6 Å². The minimum absolute atomic E-state index is 0.0815. The first-order valence-electron chi connectivity index (χ1n) is 15.7. The fraction of sp³-hybridized carbons (Fsp3) is 0.188. The topological polar surface area (TPSA) is 245 Å². The molecule has 0 unspecified atom stereocenters. The molecular weight excluding hydrogens is 808 g/mol. The average Bonchev–Trinajstić information content (AvgIpc) is 3.93. The zero-order valence-corrected chi connectivity index (χ0v) is 33.5. The molecular formula is C32H31ClN14O4S4. The molecule has 0 bridgehead atoms. The summed E-state index contributed by atoms with van der Waals surface area (Å²) in [6.45, 7) is 0. The predicted octanol–water partition coefficient (Wildman–Crippen LogP) is 4.52. The van der Waals surface area contributed by atoms with E-state index in [1.54, 1.807) is 40.1 Å². The molecule has 3 N–H and O–H groups in total. The van der Waals surface area contributed by atoms with Crippen molar-refractivity contribution in [1.29, 1.82) is 0 Å². The van der Waals surface area contributed by atoms with Gasteiger partial charge in [-0.3, -0.25) is 19.3 Å². The van der Waals surface area contributed by atoms with Gasteiger partial charge in [0.15, 0.2) is 19.7 Å². The van der Waals surface area contributed by atoms with Crippen molar-refractivity contribution in [3.05, 3.63) is 88.7 Å². The molecule has 8 rings (SSSR count). The number of rotatable bonds is 8. The third-order valence-corrected chi connectivity index (χ3v) is 10.8. The molecule has 0 aromatic carbocycles. The van der Waals surface area contributed by atoms with Crippen molar-refractivity contribution < 1.29 is 16.8 Å². The molecule has 23 heteroatoms.